The Hall–Kier alpha value is -0.410. The molecule has 0 aromatic rings. The molecule has 0 amide bonds. The average Bonchev–Trinajstić information content (AvgIpc) is 2.56. The van der Waals surface area contributed by atoms with Crippen LogP contribution in [0, 0.1) is 5.41 Å². The number of carbonyl (C=O) groups is 1. The molecule has 1 unspecified atom stereocenters. The van der Waals surface area contributed by atoms with E-state index in [-0.39, 0.29) is 11.5 Å². The van der Waals surface area contributed by atoms with Gasteiger partial charge in [-0.05, 0) is 19.3 Å². The van der Waals surface area contributed by atoms with Gasteiger partial charge in [0.1, 0.15) is 6.29 Å². The summed E-state index contributed by atoms with van der Waals surface area (Å²) in [4.78, 5) is 10.8. The van der Waals surface area contributed by atoms with Crippen LogP contribution in [0.15, 0.2) is 0 Å². The van der Waals surface area contributed by atoms with Crippen molar-refractivity contribution in [3.63, 3.8) is 0 Å². The van der Waals surface area contributed by atoms with Crippen LogP contribution in [0.2, 0.25) is 0 Å². The number of carbonyl (C=O) groups excluding carboxylic acids is 1. The van der Waals surface area contributed by atoms with E-state index in [2.05, 4.69) is 0 Å². The Morgan fingerprint density at radius 1 is 1.54 bits per heavy atom. The Bertz CT molecular complexity index is 181. The molecule has 0 spiro atoms. The minimum Gasteiger partial charge on any atom is -0.379 e. The van der Waals surface area contributed by atoms with Crippen molar-refractivity contribution in [2.75, 3.05) is 19.8 Å². The van der Waals surface area contributed by atoms with Crippen molar-refractivity contribution < 1.29 is 14.3 Å². The van der Waals surface area contributed by atoms with Gasteiger partial charge in [0.15, 0.2) is 0 Å². The van der Waals surface area contributed by atoms with E-state index >= 15 is 0 Å². The highest BCUT2D eigenvalue weighted by Crippen LogP contribution is 2.39. The second-order valence-electron chi connectivity index (χ2n) is 4.13. The Labute approximate surface area is 78.4 Å². The van der Waals surface area contributed by atoms with E-state index in [1.165, 1.54) is 6.42 Å². The van der Waals surface area contributed by atoms with Crippen molar-refractivity contribution in [3.8, 4) is 0 Å². The molecule has 2 rings (SSSR count). The molecule has 0 N–H and O–H groups in total. The number of aldehydes is 1. The fourth-order valence-electron chi connectivity index (χ4n) is 1.86. The highest BCUT2D eigenvalue weighted by molar-refractivity contribution is 5.61. The van der Waals surface area contributed by atoms with Crippen LogP contribution in [-0.2, 0) is 14.3 Å². The first-order valence-corrected chi connectivity index (χ1v) is 5.00. The quantitative estimate of drug-likeness (QED) is 0.615. The third kappa shape index (κ3) is 1.92. The second kappa shape index (κ2) is 3.76. The van der Waals surface area contributed by atoms with Crippen LogP contribution >= 0.6 is 0 Å². The summed E-state index contributed by atoms with van der Waals surface area (Å²) in [5.41, 5.74) is -0.136. The van der Waals surface area contributed by atoms with Crippen LogP contribution in [0.1, 0.15) is 25.7 Å². The summed E-state index contributed by atoms with van der Waals surface area (Å²) < 4.78 is 10.8. The van der Waals surface area contributed by atoms with Crippen molar-refractivity contribution in [3.05, 3.63) is 0 Å². The first kappa shape index (κ1) is 9.16. The maximum atomic E-state index is 10.8. The van der Waals surface area contributed by atoms with E-state index in [0.29, 0.717) is 13.2 Å². The molecule has 1 aliphatic heterocycles. The molecule has 1 atom stereocenters. The zero-order chi connectivity index (χ0) is 9.15. The fourth-order valence-corrected chi connectivity index (χ4v) is 1.86. The number of hydrogen-bond acceptors (Lipinski definition) is 3. The molecule has 13 heavy (non-hydrogen) atoms. The van der Waals surface area contributed by atoms with E-state index in [4.69, 9.17) is 9.47 Å². The SMILES string of the molecule is O=CC1(COC2CCOC2)CCC1. The van der Waals surface area contributed by atoms with Gasteiger partial charge in [-0.25, -0.2) is 0 Å². The van der Waals surface area contributed by atoms with E-state index in [9.17, 15) is 4.79 Å². The molecular formula is C10H16O3. The maximum Gasteiger partial charge on any atom is 0.128 e. The number of rotatable bonds is 4. The molecule has 0 radical (unpaired) electrons. The monoisotopic (exact) mass is 184 g/mol. The lowest BCUT2D eigenvalue weighted by Crippen LogP contribution is -2.37. The molecule has 1 aliphatic carbocycles. The van der Waals surface area contributed by atoms with Crippen LogP contribution in [0.5, 0.6) is 0 Å². The van der Waals surface area contributed by atoms with Crippen LogP contribution in [-0.4, -0.2) is 32.2 Å². The van der Waals surface area contributed by atoms with E-state index in [0.717, 1.165) is 32.2 Å². The van der Waals surface area contributed by atoms with Gasteiger partial charge in [-0.15, -0.1) is 0 Å². The molecule has 2 fully saturated rings. The zero-order valence-corrected chi connectivity index (χ0v) is 7.83. The molecule has 0 aromatic heterocycles. The molecule has 3 heteroatoms. The lowest BCUT2D eigenvalue weighted by molar-refractivity contribution is -0.128. The molecule has 3 nitrogen and oxygen atoms in total. The summed E-state index contributed by atoms with van der Waals surface area (Å²) in [7, 11) is 0. The molecule has 0 bridgehead atoms. The smallest absolute Gasteiger partial charge is 0.128 e. The van der Waals surface area contributed by atoms with Crippen molar-refractivity contribution in [2.24, 2.45) is 5.41 Å². The molecule has 1 saturated heterocycles. The van der Waals surface area contributed by atoms with Gasteiger partial charge in [0.2, 0.25) is 0 Å². The Balaban J connectivity index is 1.73. The summed E-state index contributed by atoms with van der Waals surface area (Å²) >= 11 is 0. The topological polar surface area (TPSA) is 35.5 Å². The van der Waals surface area contributed by atoms with Gasteiger partial charge in [-0.3, -0.25) is 0 Å². The maximum absolute atomic E-state index is 10.8. The standard InChI is InChI=1S/C10H16O3/c11-7-10(3-1-4-10)8-13-9-2-5-12-6-9/h7,9H,1-6,8H2. The summed E-state index contributed by atoms with van der Waals surface area (Å²) in [6.07, 6.45) is 5.47. The molecule has 74 valence electrons. The summed E-state index contributed by atoms with van der Waals surface area (Å²) in [5, 5.41) is 0. The normalized spacial score (nSPS) is 31.2. The van der Waals surface area contributed by atoms with Crippen LogP contribution in [0.4, 0.5) is 0 Å². The first-order chi connectivity index (χ1) is 6.35. The molecule has 2 aliphatic rings. The van der Waals surface area contributed by atoms with E-state index in [1.54, 1.807) is 0 Å². The predicted molar refractivity (Wildman–Crippen MR) is 47.5 cm³/mol. The first-order valence-electron chi connectivity index (χ1n) is 5.00. The fraction of sp³-hybridized carbons (Fsp3) is 0.900. The van der Waals surface area contributed by atoms with Crippen molar-refractivity contribution in [2.45, 2.75) is 31.8 Å². The second-order valence-corrected chi connectivity index (χ2v) is 4.13. The van der Waals surface area contributed by atoms with Crippen molar-refractivity contribution in [1.29, 1.82) is 0 Å². The molecular weight excluding hydrogens is 168 g/mol. The zero-order valence-electron chi connectivity index (χ0n) is 7.83. The highest BCUT2D eigenvalue weighted by Gasteiger charge is 2.37. The lowest BCUT2D eigenvalue weighted by atomic mass is 9.71. The van der Waals surface area contributed by atoms with Gasteiger partial charge in [0, 0.05) is 12.0 Å². The van der Waals surface area contributed by atoms with Crippen LogP contribution in [0.25, 0.3) is 0 Å². The largest absolute Gasteiger partial charge is 0.379 e. The molecule has 0 aromatic carbocycles. The third-order valence-corrected chi connectivity index (χ3v) is 3.09. The van der Waals surface area contributed by atoms with Gasteiger partial charge < -0.3 is 14.3 Å². The van der Waals surface area contributed by atoms with Gasteiger partial charge in [-0.2, -0.15) is 0 Å². The minimum absolute atomic E-state index is 0.136. The third-order valence-electron chi connectivity index (χ3n) is 3.09. The summed E-state index contributed by atoms with van der Waals surface area (Å²) in [5.74, 6) is 0. The Morgan fingerprint density at radius 3 is 2.85 bits per heavy atom. The molecule has 1 heterocycles. The number of hydrogen-bond donors (Lipinski definition) is 0. The average molecular weight is 184 g/mol. The Morgan fingerprint density at radius 2 is 2.38 bits per heavy atom. The lowest BCUT2D eigenvalue weighted by Gasteiger charge is -2.36. The van der Waals surface area contributed by atoms with Crippen LogP contribution in [0.3, 0.4) is 0 Å². The van der Waals surface area contributed by atoms with Gasteiger partial charge in [-0.1, -0.05) is 6.42 Å². The van der Waals surface area contributed by atoms with Crippen LogP contribution < -0.4 is 0 Å². The van der Waals surface area contributed by atoms with E-state index in [1.807, 2.05) is 0 Å². The van der Waals surface area contributed by atoms with Crippen molar-refractivity contribution in [1.82, 2.24) is 0 Å². The van der Waals surface area contributed by atoms with Crippen molar-refractivity contribution >= 4 is 6.29 Å². The minimum atomic E-state index is -0.136. The number of ether oxygens (including phenoxy) is 2. The Kier molecular flexibility index (Phi) is 2.65. The van der Waals surface area contributed by atoms with Gasteiger partial charge >= 0.3 is 0 Å². The predicted octanol–water partition coefficient (Wildman–Crippen LogP) is 1.16. The van der Waals surface area contributed by atoms with E-state index < -0.39 is 0 Å². The molecule has 1 saturated carbocycles. The van der Waals surface area contributed by atoms with Gasteiger partial charge in [0.25, 0.3) is 0 Å². The summed E-state index contributed by atoms with van der Waals surface area (Å²) in [6, 6.07) is 0. The van der Waals surface area contributed by atoms with Gasteiger partial charge in [0.05, 0.1) is 19.3 Å². The highest BCUT2D eigenvalue weighted by atomic mass is 16.5. The summed E-state index contributed by atoms with van der Waals surface area (Å²) in [6.45, 7) is 2.11.